The summed E-state index contributed by atoms with van der Waals surface area (Å²) in [7, 11) is 3.14. The highest BCUT2D eigenvalue weighted by molar-refractivity contribution is 5.84. The molecule has 3 aromatic carbocycles. The number of nitrogens with one attached hydrogen (secondary N) is 1. The van der Waals surface area contributed by atoms with Crippen molar-refractivity contribution in [3.8, 4) is 5.75 Å². The molecule has 1 fully saturated rings. The maximum Gasteiger partial charge on any atom is 0.167 e. The van der Waals surface area contributed by atoms with Crippen LogP contribution >= 0.6 is 0 Å². The SMILES string of the molecule is COc1ccc(C(Nc2ncnc3c2ncn3[C@@H]2O[C@H](CO)C(O)C2OC)(c2ccccc2)c2ccccc2)cc1. The second-order valence-corrected chi connectivity index (χ2v) is 9.82. The highest BCUT2D eigenvalue weighted by Crippen LogP contribution is 2.41. The molecule has 41 heavy (non-hydrogen) atoms. The molecule has 2 unspecified atom stereocenters. The lowest BCUT2D eigenvalue weighted by atomic mass is 9.77. The molecular formula is C31H31N5O5. The Hall–Kier alpha value is -4.35. The van der Waals surface area contributed by atoms with Gasteiger partial charge in [0.2, 0.25) is 0 Å². The van der Waals surface area contributed by atoms with Crippen LogP contribution < -0.4 is 10.1 Å². The van der Waals surface area contributed by atoms with Gasteiger partial charge in [-0.2, -0.15) is 0 Å². The largest absolute Gasteiger partial charge is 0.497 e. The molecule has 10 nitrogen and oxygen atoms in total. The van der Waals surface area contributed by atoms with Gasteiger partial charge in [0.15, 0.2) is 23.2 Å². The summed E-state index contributed by atoms with van der Waals surface area (Å²) >= 11 is 0. The van der Waals surface area contributed by atoms with E-state index >= 15 is 0 Å². The lowest BCUT2D eigenvalue weighted by Gasteiger charge is -2.37. The van der Waals surface area contributed by atoms with Gasteiger partial charge in [0, 0.05) is 7.11 Å². The van der Waals surface area contributed by atoms with E-state index in [1.54, 1.807) is 18.0 Å². The van der Waals surface area contributed by atoms with Crippen molar-refractivity contribution in [3.63, 3.8) is 0 Å². The first-order chi connectivity index (χ1) is 20.1. The fraction of sp³-hybridized carbons (Fsp3) is 0.258. The molecule has 10 heteroatoms. The smallest absolute Gasteiger partial charge is 0.167 e. The number of aliphatic hydroxyl groups excluding tert-OH is 2. The Morgan fingerprint density at radius 1 is 0.878 bits per heavy atom. The van der Waals surface area contributed by atoms with Crippen molar-refractivity contribution in [2.45, 2.75) is 30.1 Å². The minimum atomic E-state index is -1.01. The molecule has 2 aromatic heterocycles. The van der Waals surface area contributed by atoms with Crippen molar-refractivity contribution in [3.05, 3.63) is 114 Å². The van der Waals surface area contributed by atoms with E-state index < -0.39 is 30.1 Å². The summed E-state index contributed by atoms with van der Waals surface area (Å²) in [6.07, 6.45) is -0.203. The number of anilines is 1. The van der Waals surface area contributed by atoms with Crippen LogP contribution in [0.1, 0.15) is 22.9 Å². The first-order valence-electron chi connectivity index (χ1n) is 13.3. The monoisotopic (exact) mass is 553 g/mol. The molecular weight excluding hydrogens is 522 g/mol. The lowest BCUT2D eigenvalue weighted by molar-refractivity contribution is -0.0583. The molecule has 0 amide bonds. The van der Waals surface area contributed by atoms with Gasteiger partial charge in [-0.3, -0.25) is 4.57 Å². The fourth-order valence-corrected chi connectivity index (χ4v) is 5.59. The van der Waals surface area contributed by atoms with Crippen molar-refractivity contribution >= 4 is 17.0 Å². The third kappa shape index (κ3) is 4.60. The van der Waals surface area contributed by atoms with Crippen LogP contribution in [-0.2, 0) is 15.0 Å². The van der Waals surface area contributed by atoms with E-state index in [1.165, 1.54) is 13.4 Å². The number of aliphatic hydroxyl groups is 2. The molecule has 0 aliphatic carbocycles. The molecule has 0 bridgehead atoms. The minimum absolute atomic E-state index is 0.343. The van der Waals surface area contributed by atoms with Gasteiger partial charge in [-0.05, 0) is 28.8 Å². The second kappa shape index (κ2) is 11.3. The Labute approximate surface area is 237 Å². The normalized spacial score (nSPS) is 20.8. The van der Waals surface area contributed by atoms with Crippen LogP contribution in [0.25, 0.3) is 11.2 Å². The molecule has 0 radical (unpaired) electrons. The van der Waals surface area contributed by atoms with Crippen LogP contribution in [0.15, 0.2) is 97.6 Å². The summed E-state index contributed by atoms with van der Waals surface area (Å²) < 4.78 is 18.7. The van der Waals surface area contributed by atoms with Crippen molar-refractivity contribution in [2.75, 3.05) is 26.1 Å². The average molecular weight is 554 g/mol. The molecule has 3 heterocycles. The topological polar surface area (TPSA) is 124 Å². The molecule has 1 aliphatic rings. The van der Waals surface area contributed by atoms with Crippen LogP contribution in [0.4, 0.5) is 5.82 Å². The summed E-state index contributed by atoms with van der Waals surface area (Å²) in [5.74, 6) is 1.25. The van der Waals surface area contributed by atoms with Gasteiger partial charge in [0.25, 0.3) is 0 Å². The van der Waals surface area contributed by atoms with E-state index in [-0.39, 0.29) is 6.61 Å². The van der Waals surface area contributed by atoms with Gasteiger partial charge in [-0.15, -0.1) is 0 Å². The van der Waals surface area contributed by atoms with Gasteiger partial charge >= 0.3 is 0 Å². The molecule has 3 N–H and O–H groups in total. The van der Waals surface area contributed by atoms with Crippen LogP contribution in [0, 0.1) is 0 Å². The maximum atomic E-state index is 10.6. The van der Waals surface area contributed by atoms with Crippen LogP contribution in [0.2, 0.25) is 0 Å². The van der Waals surface area contributed by atoms with Crippen molar-refractivity contribution < 1.29 is 24.4 Å². The molecule has 6 rings (SSSR count). The molecule has 0 saturated carbocycles. The average Bonchev–Trinajstić information content (AvgIpc) is 3.61. The zero-order valence-electron chi connectivity index (χ0n) is 22.7. The van der Waals surface area contributed by atoms with Gasteiger partial charge in [0.05, 0.1) is 20.0 Å². The minimum Gasteiger partial charge on any atom is -0.497 e. The first-order valence-corrected chi connectivity index (χ1v) is 13.3. The Morgan fingerprint density at radius 3 is 2.10 bits per heavy atom. The highest BCUT2D eigenvalue weighted by Gasteiger charge is 2.45. The molecule has 1 aliphatic heterocycles. The third-order valence-electron chi connectivity index (χ3n) is 7.64. The predicted molar refractivity (Wildman–Crippen MR) is 153 cm³/mol. The Kier molecular flexibility index (Phi) is 7.38. The zero-order valence-corrected chi connectivity index (χ0v) is 22.7. The number of benzene rings is 3. The predicted octanol–water partition coefficient (Wildman–Crippen LogP) is 3.50. The van der Waals surface area contributed by atoms with E-state index in [0.29, 0.717) is 17.0 Å². The number of ether oxygens (including phenoxy) is 3. The second-order valence-electron chi connectivity index (χ2n) is 9.82. The van der Waals surface area contributed by atoms with Gasteiger partial charge in [-0.1, -0.05) is 72.8 Å². The van der Waals surface area contributed by atoms with Crippen LogP contribution in [0.5, 0.6) is 5.75 Å². The quantitative estimate of drug-likeness (QED) is 0.235. The number of rotatable bonds is 9. The van der Waals surface area contributed by atoms with Crippen LogP contribution in [-0.4, -0.2) is 68.9 Å². The summed E-state index contributed by atoms with van der Waals surface area (Å²) in [6.45, 7) is -0.343. The zero-order chi connectivity index (χ0) is 28.4. The number of aromatic nitrogens is 4. The van der Waals surface area contributed by atoms with Crippen molar-refractivity contribution in [1.29, 1.82) is 0 Å². The van der Waals surface area contributed by atoms with E-state index in [9.17, 15) is 10.2 Å². The Balaban J connectivity index is 1.52. The van der Waals surface area contributed by atoms with E-state index in [2.05, 4.69) is 44.5 Å². The molecule has 0 spiro atoms. The number of fused-ring (bicyclic) bond motifs is 1. The summed E-state index contributed by atoms with van der Waals surface area (Å²) in [4.78, 5) is 13.8. The third-order valence-corrected chi connectivity index (χ3v) is 7.64. The Morgan fingerprint density at radius 2 is 1.51 bits per heavy atom. The number of methoxy groups -OCH3 is 2. The maximum absolute atomic E-state index is 10.6. The van der Waals surface area contributed by atoms with Crippen molar-refractivity contribution in [2.24, 2.45) is 0 Å². The lowest BCUT2D eigenvalue weighted by Crippen LogP contribution is -2.38. The summed E-state index contributed by atoms with van der Waals surface area (Å²) in [5.41, 5.74) is 3.10. The Bertz CT molecular complexity index is 1560. The van der Waals surface area contributed by atoms with Crippen molar-refractivity contribution in [1.82, 2.24) is 19.5 Å². The molecule has 5 aromatic rings. The molecule has 4 atom stereocenters. The number of imidazole rings is 1. The van der Waals surface area contributed by atoms with Gasteiger partial charge in [-0.25, -0.2) is 15.0 Å². The van der Waals surface area contributed by atoms with Crippen LogP contribution in [0.3, 0.4) is 0 Å². The molecule has 1 saturated heterocycles. The standard InChI is InChI=1S/C31H31N5O5/c1-39-23-15-13-22(14-16-23)31(20-9-5-3-6-10-20,21-11-7-4-8-12-21)35-28-25-29(33-18-32-28)36(19-34-25)30-27(40-2)26(38)24(17-37)41-30/h3-16,18-19,24,26-27,30,37-38H,17H2,1-2H3,(H,32,33,35)/t24-,26?,27?,30-/m1/s1. The van der Waals surface area contributed by atoms with E-state index in [1.807, 2.05) is 60.7 Å². The molecule has 210 valence electrons. The fourth-order valence-electron chi connectivity index (χ4n) is 5.59. The number of hydrogen-bond acceptors (Lipinski definition) is 9. The van der Waals surface area contributed by atoms with Gasteiger partial charge in [0.1, 0.15) is 35.9 Å². The van der Waals surface area contributed by atoms with E-state index in [4.69, 9.17) is 14.2 Å². The first kappa shape index (κ1) is 26.9. The number of nitrogens with zero attached hydrogens (tertiary/aromatic N) is 4. The highest BCUT2D eigenvalue weighted by atomic mass is 16.6. The van der Waals surface area contributed by atoms with Gasteiger partial charge < -0.3 is 29.7 Å². The van der Waals surface area contributed by atoms with E-state index in [0.717, 1.165) is 22.4 Å². The number of hydrogen-bond donors (Lipinski definition) is 3. The summed E-state index contributed by atoms with van der Waals surface area (Å²) in [6, 6.07) is 28.3. The summed E-state index contributed by atoms with van der Waals surface area (Å²) in [5, 5.41) is 24.1.